The molecule has 0 aliphatic carbocycles. The Kier molecular flexibility index (Phi) is 7.99. The van der Waals surface area contributed by atoms with E-state index < -0.39 is 46.3 Å². The lowest BCUT2D eigenvalue weighted by molar-refractivity contribution is -0.156. The number of alkyl halides is 3. The molecule has 1 N–H and O–H groups in total. The van der Waals surface area contributed by atoms with E-state index in [0.29, 0.717) is 13.1 Å². The highest BCUT2D eigenvalue weighted by atomic mass is 35.5. The summed E-state index contributed by atoms with van der Waals surface area (Å²) in [7, 11) is -4.16. The summed E-state index contributed by atoms with van der Waals surface area (Å²) in [5.41, 5.74) is -0.220. The third-order valence-electron chi connectivity index (χ3n) is 5.06. The minimum Gasteiger partial charge on any atom is -0.413 e. The SMILES string of the molecule is Cl.O=S(=O)(N1CCNCC1)N(Cc1ccc(-c2nnc(C(F)(F)F)o2)cc1F)c1cccc(F)c1. The van der Waals surface area contributed by atoms with Crippen molar-refractivity contribution < 1.29 is 34.8 Å². The Morgan fingerprint density at radius 1 is 1.06 bits per heavy atom. The molecule has 0 unspecified atom stereocenters. The molecule has 2 aromatic carbocycles. The van der Waals surface area contributed by atoms with Crippen molar-refractivity contribution in [1.82, 2.24) is 19.8 Å². The normalized spacial score (nSPS) is 15.0. The Balaban J connectivity index is 0.00000342. The van der Waals surface area contributed by atoms with E-state index in [4.69, 9.17) is 0 Å². The number of nitrogens with zero attached hydrogens (tertiary/aromatic N) is 4. The van der Waals surface area contributed by atoms with Crippen LogP contribution >= 0.6 is 12.4 Å². The van der Waals surface area contributed by atoms with E-state index in [1.54, 1.807) is 0 Å². The summed E-state index contributed by atoms with van der Waals surface area (Å²) in [5, 5.41) is 9.21. The minimum atomic E-state index is -4.85. The van der Waals surface area contributed by atoms with Crippen LogP contribution in [0.3, 0.4) is 0 Å². The number of anilines is 1. The predicted molar refractivity (Wildman–Crippen MR) is 118 cm³/mol. The van der Waals surface area contributed by atoms with Crippen molar-refractivity contribution in [3.8, 4) is 11.5 Å². The van der Waals surface area contributed by atoms with Crippen LogP contribution in [0.5, 0.6) is 0 Å². The molecule has 15 heteroatoms. The van der Waals surface area contributed by atoms with Crippen LogP contribution in [-0.2, 0) is 22.9 Å². The molecular formula is C20H19ClF5N5O3S. The summed E-state index contributed by atoms with van der Waals surface area (Å²) in [6, 6.07) is 8.17. The predicted octanol–water partition coefficient (Wildman–Crippen LogP) is 3.61. The Hall–Kier alpha value is -2.81. The Morgan fingerprint density at radius 3 is 2.37 bits per heavy atom. The number of halogens is 6. The van der Waals surface area contributed by atoms with Gasteiger partial charge in [-0.2, -0.15) is 25.9 Å². The molecule has 1 aromatic heterocycles. The highest BCUT2D eigenvalue weighted by molar-refractivity contribution is 7.90. The number of piperazine rings is 1. The second-order valence-corrected chi connectivity index (χ2v) is 9.21. The van der Waals surface area contributed by atoms with Gasteiger partial charge in [0.1, 0.15) is 11.6 Å². The maximum atomic E-state index is 14.9. The summed E-state index contributed by atoms with van der Waals surface area (Å²) in [6.07, 6.45) is -4.85. The van der Waals surface area contributed by atoms with E-state index in [1.807, 2.05) is 0 Å². The van der Waals surface area contributed by atoms with Crippen molar-refractivity contribution in [3.63, 3.8) is 0 Å². The minimum absolute atomic E-state index is 0. The molecule has 1 aliphatic rings. The number of hydrogen-bond donors (Lipinski definition) is 1. The molecule has 4 rings (SSSR count). The van der Waals surface area contributed by atoms with Gasteiger partial charge in [-0.15, -0.1) is 22.6 Å². The third kappa shape index (κ3) is 5.89. The van der Waals surface area contributed by atoms with E-state index in [0.717, 1.165) is 22.5 Å². The van der Waals surface area contributed by atoms with Crippen LogP contribution in [0.2, 0.25) is 0 Å². The smallest absolute Gasteiger partial charge is 0.413 e. The van der Waals surface area contributed by atoms with Gasteiger partial charge in [-0.3, -0.25) is 4.31 Å². The molecular weight excluding hydrogens is 521 g/mol. The van der Waals surface area contributed by atoms with Crippen molar-refractivity contribution >= 4 is 28.3 Å². The monoisotopic (exact) mass is 539 g/mol. The molecule has 3 aromatic rings. The van der Waals surface area contributed by atoms with E-state index in [9.17, 15) is 30.4 Å². The molecule has 1 fully saturated rings. The molecule has 0 atom stereocenters. The van der Waals surface area contributed by atoms with Crippen LogP contribution in [0, 0.1) is 11.6 Å². The van der Waals surface area contributed by atoms with Gasteiger partial charge < -0.3 is 9.73 Å². The van der Waals surface area contributed by atoms with Gasteiger partial charge in [0.2, 0.25) is 5.89 Å². The average molecular weight is 540 g/mol. The lowest BCUT2D eigenvalue weighted by atomic mass is 10.1. The number of rotatable bonds is 6. The van der Waals surface area contributed by atoms with Gasteiger partial charge in [0.25, 0.3) is 0 Å². The quantitative estimate of drug-likeness (QED) is 0.481. The van der Waals surface area contributed by atoms with Crippen LogP contribution in [0.1, 0.15) is 11.5 Å². The van der Waals surface area contributed by atoms with Crippen LogP contribution < -0.4 is 9.62 Å². The van der Waals surface area contributed by atoms with Crippen LogP contribution in [0.15, 0.2) is 46.9 Å². The van der Waals surface area contributed by atoms with Crippen molar-refractivity contribution in [2.75, 3.05) is 30.5 Å². The first kappa shape index (κ1) is 26.8. The first-order chi connectivity index (χ1) is 16.1. The summed E-state index contributed by atoms with van der Waals surface area (Å²) >= 11 is 0. The largest absolute Gasteiger partial charge is 0.470 e. The standard InChI is InChI=1S/C20H18F5N5O3S.ClH/c21-15-2-1-3-16(11-15)30(34(31,32)29-8-6-26-7-9-29)12-14-5-4-13(10-17(14)22)18-27-28-19(33-18)20(23,24)25;/h1-5,10-11,26H,6-9,12H2;1H. The molecule has 0 bridgehead atoms. The fourth-order valence-electron chi connectivity index (χ4n) is 3.37. The Morgan fingerprint density at radius 2 is 1.77 bits per heavy atom. The van der Waals surface area contributed by atoms with Crippen molar-refractivity contribution in [3.05, 3.63) is 65.6 Å². The summed E-state index contributed by atoms with van der Waals surface area (Å²) in [5.74, 6) is -3.72. The second kappa shape index (κ2) is 10.4. The van der Waals surface area contributed by atoms with E-state index in [1.165, 1.54) is 28.6 Å². The number of nitrogens with one attached hydrogen (secondary N) is 1. The maximum Gasteiger partial charge on any atom is 0.470 e. The van der Waals surface area contributed by atoms with Gasteiger partial charge in [0.05, 0.1) is 12.2 Å². The molecule has 0 radical (unpaired) electrons. The van der Waals surface area contributed by atoms with Crippen LogP contribution in [0.4, 0.5) is 27.6 Å². The highest BCUT2D eigenvalue weighted by Crippen LogP contribution is 2.31. The topological polar surface area (TPSA) is 91.6 Å². The molecule has 35 heavy (non-hydrogen) atoms. The van der Waals surface area contributed by atoms with Gasteiger partial charge >= 0.3 is 22.3 Å². The average Bonchev–Trinajstić information content (AvgIpc) is 3.30. The Labute approximate surface area is 203 Å². The van der Waals surface area contributed by atoms with Crippen LogP contribution in [-0.4, -0.2) is 49.1 Å². The number of hydrogen-bond acceptors (Lipinski definition) is 6. The third-order valence-corrected chi connectivity index (χ3v) is 6.97. The fraction of sp³-hybridized carbons (Fsp3) is 0.300. The summed E-state index contributed by atoms with van der Waals surface area (Å²) in [6.45, 7) is 0.703. The number of aromatic nitrogens is 2. The van der Waals surface area contributed by atoms with Crippen molar-refractivity contribution in [1.29, 1.82) is 0 Å². The molecule has 0 spiro atoms. The Bertz CT molecular complexity index is 1280. The first-order valence-corrected chi connectivity index (χ1v) is 11.4. The molecule has 1 aliphatic heterocycles. The molecule has 2 heterocycles. The van der Waals surface area contributed by atoms with Crippen LogP contribution in [0.25, 0.3) is 11.5 Å². The molecule has 1 saturated heterocycles. The summed E-state index contributed by atoms with van der Waals surface area (Å²) < 4.78 is 100. The molecule has 0 saturated carbocycles. The van der Waals surface area contributed by atoms with Gasteiger partial charge in [-0.1, -0.05) is 12.1 Å². The van der Waals surface area contributed by atoms with Gasteiger partial charge in [0.15, 0.2) is 0 Å². The van der Waals surface area contributed by atoms with Crippen molar-refractivity contribution in [2.24, 2.45) is 0 Å². The van der Waals surface area contributed by atoms with E-state index in [-0.39, 0.29) is 42.3 Å². The van der Waals surface area contributed by atoms with Crippen molar-refractivity contribution in [2.45, 2.75) is 12.7 Å². The summed E-state index contributed by atoms with van der Waals surface area (Å²) in [4.78, 5) is 0. The van der Waals surface area contributed by atoms with E-state index in [2.05, 4.69) is 19.9 Å². The van der Waals surface area contributed by atoms with Gasteiger partial charge in [-0.05, 0) is 30.3 Å². The zero-order valence-corrected chi connectivity index (χ0v) is 19.4. The fourth-order valence-corrected chi connectivity index (χ4v) is 4.97. The first-order valence-electron chi connectivity index (χ1n) is 9.99. The zero-order valence-electron chi connectivity index (χ0n) is 17.8. The number of benzene rings is 2. The lowest BCUT2D eigenvalue weighted by Gasteiger charge is -2.33. The lowest BCUT2D eigenvalue weighted by Crippen LogP contribution is -2.51. The highest BCUT2D eigenvalue weighted by Gasteiger charge is 2.38. The zero-order chi connectivity index (χ0) is 24.5. The maximum absolute atomic E-state index is 14.9. The van der Waals surface area contributed by atoms with Gasteiger partial charge in [-0.25, -0.2) is 8.78 Å². The van der Waals surface area contributed by atoms with Gasteiger partial charge in [0, 0.05) is 37.3 Å². The van der Waals surface area contributed by atoms with E-state index >= 15 is 0 Å². The second-order valence-electron chi connectivity index (χ2n) is 7.36. The molecule has 0 amide bonds. The molecule has 190 valence electrons. The molecule has 8 nitrogen and oxygen atoms in total.